The zero-order valence-corrected chi connectivity index (χ0v) is 28.0. The molecule has 3 N–H and O–H groups in total. The number of rotatable bonds is 10. The maximum atomic E-state index is 12.6. The molecule has 0 aromatic heterocycles. The third-order valence-corrected chi connectivity index (χ3v) is 9.76. The summed E-state index contributed by atoms with van der Waals surface area (Å²) < 4.78 is 13.5. The molecular weight excluding hydrogens is 598 g/mol. The number of nitrogens with one attached hydrogen (secondary N) is 2. The first-order valence-electron chi connectivity index (χ1n) is 17.5. The Morgan fingerprint density at radius 2 is 1.38 bits per heavy atom. The van der Waals surface area contributed by atoms with E-state index in [0.717, 1.165) is 58.6 Å². The Morgan fingerprint density at radius 1 is 0.729 bits per heavy atom. The van der Waals surface area contributed by atoms with Crippen molar-refractivity contribution in [3.05, 3.63) is 131 Å². The van der Waals surface area contributed by atoms with Crippen molar-refractivity contribution in [1.29, 1.82) is 0 Å². The van der Waals surface area contributed by atoms with Gasteiger partial charge in [-0.25, -0.2) is 4.79 Å². The standard InChI is InChI=1S/C41H49N3O4/c1-30-38(28-44-24-10-3-2-4-11-25-44)47-40(48-39(30)34-18-16-32(29-45)17-19-34)35-22-20-33(21-23-35)37-15-9-8-14-36(37)27-43-41(46)42-26-31-12-6-5-7-13-31/h5-9,12-23,30,38-40,45H,2-4,10-11,24-29H2,1H3,(H2,42,43,46). The summed E-state index contributed by atoms with van der Waals surface area (Å²) in [6.07, 6.45) is 5.82. The highest BCUT2D eigenvalue weighted by atomic mass is 16.7. The van der Waals surface area contributed by atoms with Gasteiger partial charge in [0.1, 0.15) is 0 Å². The molecule has 0 radical (unpaired) electrons. The van der Waals surface area contributed by atoms with E-state index < -0.39 is 6.29 Å². The number of urea groups is 1. The van der Waals surface area contributed by atoms with Crippen molar-refractivity contribution in [1.82, 2.24) is 15.5 Å². The van der Waals surface area contributed by atoms with Gasteiger partial charge in [0.2, 0.25) is 0 Å². The Balaban J connectivity index is 1.16. The number of carbonyl (C=O) groups is 1. The molecule has 4 aromatic carbocycles. The van der Waals surface area contributed by atoms with Crippen LogP contribution in [0.15, 0.2) is 103 Å². The molecule has 2 aliphatic heterocycles. The zero-order chi connectivity index (χ0) is 33.1. The molecule has 2 heterocycles. The topological polar surface area (TPSA) is 83.1 Å². The highest BCUT2D eigenvalue weighted by molar-refractivity contribution is 5.75. The van der Waals surface area contributed by atoms with Crippen LogP contribution in [0.4, 0.5) is 4.79 Å². The number of aliphatic hydroxyl groups excluding tert-OH is 1. The molecule has 0 aliphatic carbocycles. The maximum absolute atomic E-state index is 12.6. The molecule has 2 amide bonds. The van der Waals surface area contributed by atoms with Gasteiger partial charge in [-0.2, -0.15) is 0 Å². The SMILES string of the molecule is CC1C(CN2CCCCCCC2)OC(c2ccc(-c3ccccc3CNC(=O)NCc3ccccc3)cc2)OC1c1ccc(CO)cc1. The van der Waals surface area contributed by atoms with E-state index in [1.165, 1.54) is 32.1 Å². The van der Waals surface area contributed by atoms with Crippen LogP contribution < -0.4 is 10.6 Å². The predicted octanol–water partition coefficient (Wildman–Crippen LogP) is 7.90. The fourth-order valence-electron chi connectivity index (χ4n) is 6.87. The van der Waals surface area contributed by atoms with Gasteiger partial charge in [-0.05, 0) is 59.3 Å². The summed E-state index contributed by atoms with van der Waals surface area (Å²) in [6, 6.07) is 34.4. The average Bonchev–Trinajstić information content (AvgIpc) is 3.12. The van der Waals surface area contributed by atoms with Gasteiger partial charge in [0.05, 0.1) is 18.8 Å². The number of hydrogen-bond donors (Lipinski definition) is 3. The van der Waals surface area contributed by atoms with E-state index in [-0.39, 0.29) is 30.8 Å². The second-order valence-corrected chi connectivity index (χ2v) is 13.2. The zero-order valence-electron chi connectivity index (χ0n) is 28.0. The van der Waals surface area contributed by atoms with Crippen molar-refractivity contribution < 1.29 is 19.4 Å². The van der Waals surface area contributed by atoms with Crippen molar-refractivity contribution in [3.8, 4) is 11.1 Å². The Morgan fingerprint density at radius 3 is 2.10 bits per heavy atom. The van der Waals surface area contributed by atoms with Crippen molar-refractivity contribution >= 4 is 6.03 Å². The van der Waals surface area contributed by atoms with Crippen LogP contribution in [0.25, 0.3) is 11.1 Å². The second kappa shape index (κ2) is 16.9. The largest absolute Gasteiger partial charge is 0.392 e. The smallest absolute Gasteiger partial charge is 0.315 e. The van der Waals surface area contributed by atoms with Gasteiger partial charge >= 0.3 is 6.03 Å². The summed E-state index contributed by atoms with van der Waals surface area (Å²) in [7, 11) is 0. The van der Waals surface area contributed by atoms with E-state index in [0.29, 0.717) is 13.1 Å². The molecule has 48 heavy (non-hydrogen) atoms. The van der Waals surface area contributed by atoms with Crippen LogP contribution in [0.2, 0.25) is 0 Å². The summed E-state index contributed by atoms with van der Waals surface area (Å²) >= 11 is 0. The van der Waals surface area contributed by atoms with Gasteiger partial charge < -0.3 is 30.1 Å². The van der Waals surface area contributed by atoms with Gasteiger partial charge in [-0.1, -0.05) is 129 Å². The number of ether oxygens (including phenoxy) is 2. The van der Waals surface area contributed by atoms with Crippen LogP contribution in [-0.4, -0.2) is 41.8 Å². The van der Waals surface area contributed by atoms with Gasteiger partial charge in [0.25, 0.3) is 0 Å². The Kier molecular flexibility index (Phi) is 11.9. The quantitative estimate of drug-likeness (QED) is 0.163. The molecular formula is C41H49N3O4. The molecule has 0 spiro atoms. The number of benzene rings is 4. The fourth-order valence-corrected chi connectivity index (χ4v) is 6.87. The van der Waals surface area contributed by atoms with Gasteiger partial charge in [-0.15, -0.1) is 0 Å². The average molecular weight is 648 g/mol. The Labute approximate surface area is 285 Å². The number of amides is 2. The predicted molar refractivity (Wildman–Crippen MR) is 190 cm³/mol. The monoisotopic (exact) mass is 647 g/mol. The van der Waals surface area contributed by atoms with E-state index in [4.69, 9.17) is 9.47 Å². The first-order valence-corrected chi connectivity index (χ1v) is 17.5. The molecule has 4 aromatic rings. The van der Waals surface area contributed by atoms with Gasteiger partial charge in [-0.3, -0.25) is 0 Å². The molecule has 6 rings (SSSR count). The number of aliphatic hydroxyl groups is 1. The van der Waals surface area contributed by atoms with Crippen LogP contribution in [0.3, 0.4) is 0 Å². The fraction of sp³-hybridized carbons (Fsp3) is 0.390. The number of carbonyl (C=O) groups excluding carboxylic acids is 1. The number of hydrogen-bond acceptors (Lipinski definition) is 5. The van der Waals surface area contributed by atoms with Crippen LogP contribution in [0.1, 0.15) is 79.2 Å². The van der Waals surface area contributed by atoms with Crippen molar-refractivity contribution in [2.24, 2.45) is 5.92 Å². The number of likely N-dealkylation sites (tertiary alicyclic amines) is 1. The van der Waals surface area contributed by atoms with E-state index in [1.807, 2.05) is 54.6 Å². The van der Waals surface area contributed by atoms with Crippen LogP contribution >= 0.6 is 0 Å². The van der Waals surface area contributed by atoms with Crippen LogP contribution in [0, 0.1) is 5.92 Å². The summed E-state index contributed by atoms with van der Waals surface area (Å²) in [5.41, 5.74) is 7.22. The Hall–Kier alpha value is -4.01. The second-order valence-electron chi connectivity index (χ2n) is 13.2. The summed E-state index contributed by atoms with van der Waals surface area (Å²) in [5.74, 6) is 0.162. The normalized spacial score (nSPS) is 22.0. The van der Waals surface area contributed by atoms with Crippen molar-refractivity contribution in [3.63, 3.8) is 0 Å². The molecule has 7 heteroatoms. The minimum atomic E-state index is -0.497. The van der Waals surface area contributed by atoms with E-state index in [2.05, 4.69) is 71.0 Å². The van der Waals surface area contributed by atoms with E-state index in [9.17, 15) is 9.90 Å². The molecule has 0 bridgehead atoms. The third-order valence-electron chi connectivity index (χ3n) is 9.76. The summed E-state index contributed by atoms with van der Waals surface area (Å²) in [6.45, 7) is 6.29. The van der Waals surface area contributed by atoms with Gasteiger partial charge in [0.15, 0.2) is 6.29 Å². The third kappa shape index (κ3) is 8.91. The number of nitrogens with zero attached hydrogens (tertiary/aromatic N) is 1. The van der Waals surface area contributed by atoms with Crippen LogP contribution in [-0.2, 0) is 29.2 Å². The first kappa shape index (κ1) is 33.9. The van der Waals surface area contributed by atoms with Gasteiger partial charge in [0, 0.05) is 31.1 Å². The molecule has 4 unspecified atom stereocenters. The van der Waals surface area contributed by atoms with Crippen molar-refractivity contribution in [2.45, 2.75) is 77.2 Å². The highest BCUT2D eigenvalue weighted by Crippen LogP contribution is 2.42. The minimum Gasteiger partial charge on any atom is -0.392 e. The molecule has 7 nitrogen and oxygen atoms in total. The lowest BCUT2D eigenvalue weighted by atomic mass is 9.89. The lowest BCUT2D eigenvalue weighted by Crippen LogP contribution is -2.45. The summed E-state index contributed by atoms with van der Waals surface area (Å²) in [5, 5.41) is 15.6. The molecule has 2 saturated heterocycles. The minimum absolute atomic E-state index is 0.0187. The lowest BCUT2D eigenvalue weighted by molar-refractivity contribution is -0.276. The Bertz CT molecular complexity index is 1570. The summed E-state index contributed by atoms with van der Waals surface area (Å²) in [4.78, 5) is 15.1. The molecule has 4 atom stereocenters. The molecule has 2 aliphatic rings. The molecule has 2 fully saturated rings. The molecule has 252 valence electrons. The lowest BCUT2D eigenvalue weighted by Gasteiger charge is -2.43. The van der Waals surface area contributed by atoms with E-state index in [1.54, 1.807) is 0 Å². The first-order chi connectivity index (χ1) is 23.6. The van der Waals surface area contributed by atoms with Crippen molar-refractivity contribution in [2.75, 3.05) is 19.6 Å². The van der Waals surface area contributed by atoms with Crippen LogP contribution in [0.5, 0.6) is 0 Å². The van der Waals surface area contributed by atoms with E-state index >= 15 is 0 Å². The maximum Gasteiger partial charge on any atom is 0.315 e. The molecule has 0 saturated carbocycles. The highest BCUT2D eigenvalue weighted by Gasteiger charge is 2.39.